The second kappa shape index (κ2) is 11.7. The Balaban J connectivity index is 1.84. The molecule has 2 N–H and O–H groups in total. The number of anilines is 1. The number of rotatable bonds is 11. The Morgan fingerprint density at radius 2 is 1.79 bits per heavy atom. The molecule has 29 heavy (non-hydrogen) atoms. The molecule has 6 nitrogen and oxygen atoms in total. The van der Waals surface area contributed by atoms with Crippen LogP contribution in [0.4, 0.5) is 5.69 Å². The molecular formula is C23H30N2O4. The SMILES string of the molecule is CCCCOc1ccc(OC)cc1NC(=O)CNC(=O)CCc1ccc(C)cc1. The standard InChI is InChI=1S/C23H30N2O4/c1-4-5-14-29-21-12-11-19(28-3)15-20(21)25-23(27)16-24-22(26)13-10-18-8-6-17(2)7-9-18/h6-9,11-12,15H,4-5,10,13-14,16H2,1-3H3,(H,24,26)(H,25,27). The molecule has 0 aliphatic carbocycles. The van der Waals surface area contributed by atoms with Crippen molar-refractivity contribution in [1.82, 2.24) is 5.32 Å². The van der Waals surface area contributed by atoms with Gasteiger partial charge in [0.25, 0.3) is 0 Å². The normalized spacial score (nSPS) is 10.3. The smallest absolute Gasteiger partial charge is 0.243 e. The number of aryl methyl sites for hydroxylation is 2. The molecule has 6 heteroatoms. The van der Waals surface area contributed by atoms with Gasteiger partial charge in [0.2, 0.25) is 11.8 Å². The van der Waals surface area contributed by atoms with Crippen LogP contribution in [0.3, 0.4) is 0 Å². The van der Waals surface area contributed by atoms with Crippen molar-refractivity contribution in [2.45, 2.75) is 39.5 Å². The molecule has 0 aromatic heterocycles. The highest BCUT2D eigenvalue weighted by atomic mass is 16.5. The first-order valence-corrected chi connectivity index (χ1v) is 9.94. The second-order valence-electron chi connectivity index (χ2n) is 6.87. The lowest BCUT2D eigenvalue weighted by Gasteiger charge is -2.14. The number of unbranched alkanes of at least 4 members (excludes halogenated alkanes) is 1. The van der Waals surface area contributed by atoms with Gasteiger partial charge in [-0.3, -0.25) is 9.59 Å². The van der Waals surface area contributed by atoms with E-state index >= 15 is 0 Å². The lowest BCUT2D eigenvalue weighted by Crippen LogP contribution is -2.33. The molecule has 0 saturated carbocycles. The average molecular weight is 399 g/mol. The van der Waals surface area contributed by atoms with Gasteiger partial charge in [0.05, 0.1) is 25.9 Å². The Morgan fingerprint density at radius 1 is 1.03 bits per heavy atom. The van der Waals surface area contributed by atoms with Crippen molar-refractivity contribution in [3.63, 3.8) is 0 Å². The van der Waals surface area contributed by atoms with E-state index in [1.165, 1.54) is 5.56 Å². The number of carbonyl (C=O) groups is 2. The maximum atomic E-state index is 12.3. The molecule has 2 aromatic carbocycles. The van der Waals surface area contributed by atoms with Crippen LogP contribution in [0.5, 0.6) is 11.5 Å². The topological polar surface area (TPSA) is 76.7 Å². The van der Waals surface area contributed by atoms with E-state index in [0.717, 1.165) is 18.4 Å². The van der Waals surface area contributed by atoms with E-state index in [2.05, 4.69) is 17.6 Å². The second-order valence-corrected chi connectivity index (χ2v) is 6.87. The molecule has 0 heterocycles. The number of amides is 2. The van der Waals surface area contributed by atoms with Gasteiger partial charge in [-0.1, -0.05) is 43.2 Å². The number of methoxy groups -OCH3 is 1. The largest absolute Gasteiger partial charge is 0.497 e. The zero-order valence-corrected chi connectivity index (χ0v) is 17.4. The molecule has 156 valence electrons. The highest BCUT2D eigenvalue weighted by Gasteiger charge is 2.11. The monoisotopic (exact) mass is 398 g/mol. The summed E-state index contributed by atoms with van der Waals surface area (Å²) in [6, 6.07) is 13.3. The minimum absolute atomic E-state index is 0.0989. The van der Waals surface area contributed by atoms with Gasteiger partial charge in [-0.15, -0.1) is 0 Å². The summed E-state index contributed by atoms with van der Waals surface area (Å²) < 4.78 is 11.0. The zero-order chi connectivity index (χ0) is 21.1. The fourth-order valence-electron chi connectivity index (χ4n) is 2.66. The number of benzene rings is 2. The molecule has 0 saturated heterocycles. The van der Waals surface area contributed by atoms with Crippen molar-refractivity contribution in [3.8, 4) is 11.5 Å². The summed E-state index contributed by atoms with van der Waals surface area (Å²) in [6.45, 7) is 4.58. The summed E-state index contributed by atoms with van der Waals surface area (Å²) in [4.78, 5) is 24.3. The molecule has 0 aliphatic rings. The van der Waals surface area contributed by atoms with Crippen molar-refractivity contribution in [3.05, 3.63) is 53.6 Å². The molecular weight excluding hydrogens is 368 g/mol. The quantitative estimate of drug-likeness (QED) is 0.564. The van der Waals surface area contributed by atoms with E-state index in [9.17, 15) is 9.59 Å². The zero-order valence-electron chi connectivity index (χ0n) is 17.4. The third-order valence-corrected chi connectivity index (χ3v) is 4.42. The van der Waals surface area contributed by atoms with E-state index in [-0.39, 0.29) is 18.4 Å². The van der Waals surface area contributed by atoms with Crippen LogP contribution in [-0.2, 0) is 16.0 Å². The van der Waals surface area contributed by atoms with Gasteiger partial charge in [0.1, 0.15) is 11.5 Å². The maximum absolute atomic E-state index is 12.3. The predicted molar refractivity (Wildman–Crippen MR) is 115 cm³/mol. The Hall–Kier alpha value is -3.02. The van der Waals surface area contributed by atoms with Gasteiger partial charge >= 0.3 is 0 Å². The van der Waals surface area contributed by atoms with Crippen LogP contribution >= 0.6 is 0 Å². The van der Waals surface area contributed by atoms with Crippen LogP contribution in [0, 0.1) is 6.92 Å². The Morgan fingerprint density at radius 3 is 2.48 bits per heavy atom. The molecule has 0 aliphatic heterocycles. The Labute approximate surface area is 172 Å². The Bertz CT molecular complexity index is 803. The van der Waals surface area contributed by atoms with E-state index < -0.39 is 0 Å². The van der Waals surface area contributed by atoms with E-state index in [4.69, 9.17) is 9.47 Å². The maximum Gasteiger partial charge on any atom is 0.243 e. The number of hydrogen-bond donors (Lipinski definition) is 2. The molecule has 0 radical (unpaired) electrons. The third-order valence-electron chi connectivity index (χ3n) is 4.42. The molecule has 2 rings (SSSR count). The molecule has 0 fully saturated rings. The summed E-state index contributed by atoms with van der Waals surface area (Å²) in [6.07, 6.45) is 2.92. The van der Waals surface area contributed by atoms with Gasteiger partial charge < -0.3 is 20.1 Å². The molecule has 2 aromatic rings. The van der Waals surface area contributed by atoms with Crippen molar-refractivity contribution >= 4 is 17.5 Å². The Kier molecular flexibility index (Phi) is 9.02. The third kappa shape index (κ3) is 7.86. The van der Waals surface area contributed by atoms with Gasteiger partial charge in [-0.05, 0) is 37.5 Å². The molecule has 0 bridgehead atoms. The number of nitrogens with one attached hydrogen (secondary N) is 2. The van der Waals surface area contributed by atoms with Gasteiger partial charge in [-0.25, -0.2) is 0 Å². The minimum atomic E-state index is -0.317. The first kappa shape index (κ1) is 22.3. The van der Waals surface area contributed by atoms with Crippen LogP contribution in [0.15, 0.2) is 42.5 Å². The predicted octanol–water partition coefficient (Wildman–Crippen LogP) is 3.87. The van der Waals surface area contributed by atoms with E-state index in [1.54, 1.807) is 25.3 Å². The first-order chi connectivity index (χ1) is 14.0. The molecule has 2 amide bonds. The van der Waals surface area contributed by atoms with Crippen LogP contribution in [0.2, 0.25) is 0 Å². The van der Waals surface area contributed by atoms with E-state index in [1.807, 2.05) is 31.2 Å². The number of hydrogen-bond acceptors (Lipinski definition) is 4. The van der Waals surface area contributed by atoms with Crippen LogP contribution in [-0.4, -0.2) is 32.1 Å². The highest BCUT2D eigenvalue weighted by molar-refractivity contribution is 5.95. The van der Waals surface area contributed by atoms with E-state index in [0.29, 0.717) is 36.6 Å². The number of carbonyl (C=O) groups excluding carboxylic acids is 2. The van der Waals surface area contributed by atoms with Crippen LogP contribution < -0.4 is 20.1 Å². The molecule has 0 spiro atoms. The first-order valence-electron chi connectivity index (χ1n) is 9.94. The minimum Gasteiger partial charge on any atom is -0.497 e. The van der Waals surface area contributed by atoms with Crippen LogP contribution in [0.25, 0.3) is 0 Å². The van der Waals surface area contributed by atoms with Crippen molar-refractivity contribution in [1.29, 1.82) is 0 Å². The fourth-order valence-corrected chi connectivity index (χ4v) is 2.66. The summed E-state index contributed by atoms with van der Waals surface area (Å²) in [7, 11) is 1.56. The highest BCUT2D eigenvalue weighted by Crippen LogP contribution is 2.29. The van der Waals surface area contributed by atoms with Gasteiger partial charge in [0.15, 0.2) is 0 Å². The van der Waals surface area contributed by atoms with Gasteiger partial charge in [0, 0.05) is 12.5 Å². The lowest BCUT2D eigenvalue weighted by atomic mass is 10.1. The molecule has 0 unspecified atom stereocenters. The average Bonchev–Trinajstić information content (AvgIpc) is 2.73. The summed E-state index contributed by atoms with van der Waals surface area (Å²) in [5.74, 6) is 0.719. The summed E-state index contributed by atoms with van der Waals surface area (Å²) >= 11 is 0. The summed E-state index contributed by atoms with van der Waals surface area (Å²) in [5.41, 5.74) is 2.81. The number of ether oxygens (including phenoxy) is 2. The fraction of sp³-hybridized carbons (Fsp3) is 0.391. The van der Waals surface area contributed by atoms with Crippen molar-refractivity contribution in [2.75, 3.05) is 25.6 Å². The van der Waals surface area contributed by atoms with Gasteiger partial charge in [-0.2, -0.15) is 0 Å². The summed E-state index contributed by atoms with van der Waals surface area (Å²) in [5, 5.41) is 5.45. The molecule has 0 atom stereocenters. The van der Waals surface area contributed by atoms with Crippen LogP contribution in [0.1, 0.15) is 37.3 Å². The van der Waals surface area contributed by atoms with Crippen molar-refractivity contribution < 1.29 is 19.1 Å². The van der Waals surface area contributed by atoms with Crippen molar-refractivity contribution in [2.24, 2.45) is 0 Å². The lowest BCUT2D eigenvalue weighted by molar-refractivity contribution is -0.124.